The minimum atomic E-state index is -0.197. The summed E-state index contributed by atoms with van der Waals surface area (Å²) in [6.45, 7) is 4.09. The van der Waals surface area contributed by atoms with E-state index in [2.05, 4.69) is 20.4 Å². The van der Waals surface area contributed by atoms with Crippen LogP contribution in [0, 0.1) is 0 Å². The number of ether oxygens (including phenoxy) is 3. The third-order valence-electron chi connectivity index (χ3n) is 5.23. The van der Waals surface area contributed by atoms with Crippen LogP contribution in [0.15, 0.2) is 54.6 Å². The molecule has 0 atom stereocenters. The zero-order valence-corrected chi connectivity index (χ0v) is 16.9. The molecular formula is C23H22N4O4. The van der Waals surface area contributed by atoms with Crippen molar-refractivity contribution in [3.63, 3.8) is 0 Å². The lowest BCUT2D eigenvalue weighted by atomic mass is 10.1. The van der Waals surface area contributed by atoms with Gasteiger partial charge in [0.05, 0.1) is 18.9 Å². The summed E-state index contributed by atoms with van der Waals surface area (Å²) < 4.78 is 16.4. The third kappa shape index (κ3) is 4.29. The van der Waals surface area contributed by atoms with Crippen molar-refractivity contribution >= 4 is 17.4 Å². The van der Waals surface area contributed by atoms with Gasteiger partial charge in [-0.05, 0) is 36.4 Å². The second-order valence-electron chi connectivity index (χ2n) is 7.27. The van der Waals surface area contributed by atoms with E-state index in [-0.39, 0.29) is 5.91 Å². The maximum absolute atomic E-state index is 12.6. The minimum absolute atomic E-state index is 0.197. The first kappa shape index (κ1) is 19.3. The van der Waals surface area contributed by atoms with Gasteiger partial charge in [0, 0.05) is 36.0 Å². The van der Waals surface area contributed by atoms with Crippen LogP contribution in [0.1, 0.15) is 10.4 Å². The average molecular weight is 418 g/mol. The van der Waals surface area contributed by atoms with Crippen molar-refractivity contribution in [2.24, 2.45) is 0 Å². The molecule has 2 aliphatic rings. The van der Waals surface area contributed by atoms with E-state index < -0.39 is 0 Å². The predicted molar refractivity (Wildman–Crippen MR) is 116 cm³/mol. The Morgan fingerprint density at radius 1 is 0.839 bits per heavy atom. The molecule has 1 N–H and O–H groups in total. The molecule has 0 radical (unpaired) electrons. The summed E-state index contributed by atoms with van der Waals surface area (Å²) in [6.07, 6.45) is 0. The lowest BCUT2D eigenvalue weighted by Gasteiger charge is -2.27. The molecule has 3 aromatic rings. The van der Waals surface area contributed by atoms with Crippen molar-refractivity contribution in [3.05, 3.63) is 60.2 Å². The minimum Gasteiger partial charge on any atom is -0.486 e. The van der Waals surface area contributed by atoms with E-state index in [1.165, 1.54) is 0 Å². The molecule has 2 aromatic carbocycles. The van der Waals surface area contributed by atoms with Crippen LogP contribution in [0.5, 0.6) is 11.5 Å². The van der Waals surface area contributed by atoms with Gasteiger partial charge in [-0.2, -0.15) is 0 Å². The van der Waals surface area contributed by atoms with Crippen LogP contribution >= 0.6 is 0 Å². The molecule has 8 heteroatoms. The molecular weight excluding hydrogens is 396 g/mol. The fourth-order valence-corrected chi connectivity index (χ4v) is 3.56. The normalized spacial score (nSPS) is 15.4. The van der Waals surface area contributed by atoms with E-state index in [0.29, 0.717) is 49.2 Å². The number of hydrogen-bond acceptors (Lipinski definition) is 7. The first-order chi connectivity index (χ1) is 15.3. The molecule has 8 nitrogen and oxygen atoms in total. The molecule has 3 heterocycles. The Balaban J connectivity index is 1.25. The number of amides is 1. The number of aromatic nitrogens is 2. The summed E-state index contributed by atoms with van der Waals surface area (Å²) in [7, 11) is 0. The van der Waals surface area contributed by atoms with Crippen molar-refractivity contribution in [3.8, 4) is 22.8 Å². The first-order valence-electron chi connectivity index (χ1n) is 10.2. The van der Waals surface area contributed by atoms with Crippen LogP contribution in [-0.4, -0.2) is 55.6 Å². The van der Waals surface area contributed by atoms with Gasteiger partial charge in [-0.25, -0.2) is 0 Å². The lowest BCUT2D eigenvalue weighted by Crippen LogP contribution is -2.36. The molecule has 0 aliphatic carbocycles. The summed E-state index contributed by atoms with van der Waals surface area (Å²) >= 11 is 0. The van der Waals surface area contributed by atoms with Crippen molar-refractivity contribution in [1.82, 2.24) is 10.2 Å². The Bertz CT molecular complexity index is 1060. The molecule has 1 saturated heterocycles. The number of nitrogens with one attached hydrogen (secondary N) is 1. The maximum atomic E-state index is 12.6. The average Bonchev–Trinajstić information content (AvgIpc) is 2.85. The quantitative estimate of drug-likeness (QED) is 0.697. The van der Waals surface area contributed by atoms with Gasteiger partial charge in [-0.3, -0.25) is 4.79 Å². The molecule has 158 valence electrons. The summed E-state index contributed by atoms with van der Waals surface area (Å²) in [5.74, 6) is 1.98. The summed E-state index contributed by atoms with van der Waals surface area (Å²) in [5, 5.41) is 11.6. The number of hydrogen-bond donors (Lipinski definition) is 1. The summed E-state index contributed by atoms with van der Waals surface area (Å²) in [6, 6.07) is 16.6. The fraction of sp³-hybridized carbons (Fsp3) is 0.261. The molecule has 1 amide bonds. The van der Waals surface area contributed by atoms with Gasteiger partial charge in [0.1, 0.15) is 13.2 Å². The Hall–Kier alpha value is -3.65. The van der Waals surface area contributed by atoms with Crippen LogP contribution in [0.2, 0.25) is 0 Å². The smallest absolute Gasteiger partial charge is 0.255 e. The Morgan fingerprint density at radius 3 is 2.35 bits per heavy atom. The molecule has 1 fully saturated rings. The van der Waals surface area contributed by atoms with Crippen LogP contribution < -0.4 is 19.7 Å². The number of rotatable bonds is 4. The van der Waals surface area contributed by atoms with Crippen LogP contribution in [0.4, 0.5) is 11.5 Å². The van der Waals surface area contributed by atoms with E-state index >= 15 is 0 Å². The monoisotopic (exact) mass is 418 g/mol. The molecule has 0 bridgehead atoms. The van der Waals surface area contributed by atoms with E-state index in [1.54, 1.807) is 30.3 Å². The molecule has 0 spiro atoms. The Kier molecular flexibility index (Phi) is 5.37. The molecule has 31 heavy (non-hydrogen) atoms. The number of benzene rings is 2. The number of carbonyl (C=O) groups is 1. The van der Waals surface area contributed by atoms with Gasteiger partial charge in [0.25, 0.3) is 5.91 Å². The molecule has 5 rings (SSSR count). The lowest BCUT2D eigenvalue weighted by molar-refractivity contribution is 0.102. The number of carbonyl (C=O) groups excluding carboxylic acids is 1. The summed E-state index contributed by atoms with van der Waals surface area (Å²) in [5.41, 5.74) is 2.87. The highest BCUT2D eigenvalue weighted by Crippen LogP contribution is 2.32. The summed E-state index contributed by atoms with van der Waals surface area (Å²) in [4.78, 5) is 14.8. The third-order valence-corrected chi connectivity index (χ3v) is 5.23. The maximum Gasteiger partial charge on any atom is 0.255 e. The van der Waals surface area contributed by atoms with Gasteiger partial charge in [-0.15, -0.1) is 10.2 Å². The van der Waals surface area contributed by atoms with Gasteiger partial charge in [-0.1, -0.05) is 12.1 Å². The first-order valence-corrected chi connectivity index (χ1v) is 10.2. The Labute approximate surface area is 179 Å². The molecule has 1 aromatic heterocycles. The standard InChI is InChI=1S/C23H22N4O4/c28-23(24-18-5-7-20-21(15-18)31-14-13-30-20)17-3-1-16(2-4-17)19-6-8-22(26-25-19)27-9-11-29-12-10-27/h1-8,15H,9-14H2,(H,24,28). The highest BCUT2D eigenvalue weighted by atomic mass is 16.6. The van der Waals surface area contributed by atoms with Gasteiger partial charge in [0.15, 0.2) is 17.3 Å². The van der Waals surface area contributed by atoms with E-state index in [1.807, 2.05) is 24.3 Å². The molecule has 2 aliphatic heterocycles. The van der Waals surface area contributed by atoms with Crippen molar-refractivity contribution in [1.29, 1.82) is 0 Å². The highest BCUT2D eigenvalue weighted by molar-refractivity contribution is 6.04. The predicted octanol–water partition coefficient (Wildman–Crippen LogP) is 3.00. The zero-order valence-electron chi connectivity index (χ0n) is 16.9. The number of morpholine rings is 1. The number of anilines is 2. The largest absolute Gasteiger partial charge is 0.486 e. The van der Waals surface area contributed by atoms with E-state index in [4.69, 9.17) is 14.2 Å². The second kappa shape index (κ2) is 8.61. The van der Waals surface area contributed by atoms with Crippen molar-refractivity contribution in [2.45, 2.75) is 0 Å². The SMILES string of the molecule is O=C(Nc1ccc2c(c1)OCCO2)c1ccc(-c2ccc(N3CCOCC3)nn2)cc1. The molecule has 0 saturated carbocycles. The molecule has 0 unspecified atom stereocenters. The topological polar surface area (TPSA) is 85.8 Å². The van der Waals surface area contributed by atoms with Gasteiger partial charge >= 0.3 is 0 Å². The van der Waals surface area contributed by atoms with E-state index in [9.17, 15) is 4.79 Å². The van der Waals surface area contributed by atoms with Crippen molar-refractivity contribution in [2.75, 3.05) is 49.7 Å². The zero-order chi connectivity index (χ0) is 21.0. The van der Waals surface area contributed by atoms with Gasteiger partial charge in [0.2, 0.25) is 0 Å². The second-order valence-corrected chi connectivity index (χ2v) is 7.27. The fourth-order valence-electron chi connectivity index (χ4n) is 3.56. The van der Waals surface area contributed by atoms with Crippen molar-refractivity contribution < 1.29 is 19.0 Å². The number of nitrogens with zero attached hydrogens (tertiary/aromatic N) is 3. The van der Waals surface area contributed by atoms with Crippen LogP contribution in [0.3, 0.4) is 0 Å². The highest BCUT2D eigenvalue weighted by Gasteiger charge is 2.15. The number of fused-ring (bicyclic) bond motifs is 1. The van der Waals surface area contributed by atoms with Gasteiger partial charge < -0.3 is 24.4 Å². The Morgan fingerprint density at radius 2 is 1.61 bits per heavy atom. The van der Waals surface area contributed by atoms with E-state index in [0.717, 1.165) is 30.2 Å². The van der Waals surface area contributed by atoms with Crippen LogP contribution in [-0.2, 0) is 4.74 Å². The van der Waals surface area contributed by atoms with Crippen LogP contribution in [0.25, 0.3) is 11.3 Å².